The van der Waals surface area contributed by atoms with Gasteiger partial charge in [0, 0.05) is 23.7 Å². The van der Waals surface area contributed by atoms with Crippen LogP contribution < -0.4 is 11.1 Å². The highest BCUT2D eigenvalue weighted by Gasteiger charge is 2.10. The predicted molar refractivity (Wildman–Crippen MR) is 86.7 cm³/mol. The Kier molecular flexibility index (Phi) is 4.08. The topological polar surface area (TPSA) is 72.9 Å². The molecule has 118 valence electrons. The van der Waals surface area contributed by atoms with Crippen LogP contribution in [0, 0.1) is 5.82 Å². The summed E-state index contributed by atoms with van der Waals surface area (Å²) in [6, 6.07) is 10.6. The molecule has 3 N–H and O–H groups in total. The van der Waals surface area contributed by atoms with E-state index in [-0.39, 0.29) is 12.2 Å². The second-order valence-electron chi connectivity index (χ2n) is 5.38. The highest BCUT2D eigenvalue weighted by molar-refractivity contribution is 5.87. The summed E-state index contributed by atoms with van der Waals surface area (Å²) in [4.78, 5) is 11.2. The monoisotopic (exact) mass is 312 g/mol. The summed E-state index contributed by atoms with van der Waals surface area (Å²) in [5.74, 6) is -0.691. The minimum Gasteiger partial charge on any atom is -0.369 e. The largest absolute Gasteiger partial charge is 0.369 e. The minimum atomic E-state index is -0.408. The van der Waals surface area contributed by atoms with Crippen LogP contribution >= 0.6 is 0 Å². The van der Waals surface area contributed by atoms with Crippen molar-refractivity contribution in [3.63, 3.8) is 0 Å². The van der Waals surface area contributed by atoms with Gasteiger partial charge in [-0.25, -0.2) is 9.07 Å². The van der Waals surface area contributed by atoms with E-state index in [1.165, 1.54) is 6.07 Å². The highest BCUT2D eigenvalue weighted by atomic mass is 19.1. The first kappa shape index (κ1) is 15.2. The van der Waals surface area contributed by atoms with Crippen molar-refractivity contribution in [3.8, 4) is 5.69 Å². The molecule has 1 aromatic heterocycles. The normalized spacial score (nSPS) is 11.0. The van der Waals surface area contributed by atoms with Crippen LogP contribution in [0.4, 0.5) is 4.39 Å². The van der Waals surface area contributed by atoms with Crippen LogP contribution in [-0.4, -0.2) is 22.7 Å². The van der Waals surface area contributed by atoms with Crippen LogP contribution in [0.25, 0.3) is 16.6 Å². The summed E-state index contributed by atoms with van der Waals surface area (Å²) in [5, 5.41) is 8.28. The van der Waals surface area contributed by atoms with Crippen LogP contribution in [0.5, 0.6) is 0 Å². The molecule has 0 radical (unpaired) electrons. The first-order valence-corrected chi connectivity index (χ1v) is 7.27. The maximum atomic E-state index is 14.1. The number of nitrogens with zero attached hydrogens (tertiary/aromatic N) is 2. The first-order valence-electron chi connectivity index (χ1n) is 7.27. The van der Waals surface area contributed by atoms with Crippen molar-refractivity contribution in [3.05, 3.63) is 59.5 Å². The van der Waals surface area contributed by atoms with E-state index in [0.29, 0.717) is 23.3 Å². The first-order chi connectivity index (χ1) is 11.1. The lowest BCUT2D eigenvalue weighted by Gasteiger charge is -2.05. The fourth-order valence-corrected chi connectivity index (χ4v) is 2.58. The number of carbonyl (C=O) groups is 1. The number of aromatic nitrogens is 2. The molecule has 23 heavy (non-hydrogen) atoms. The number of hydrogen-bond acceptors (Lipinski definition) is 3. The van der Waals surface area contributed by atoms with Gasteiger partial charge in [0.05, 0.1) is 17.6 Å². The number of nitrogens with one attached hydrogen (secondary N) is 1. The molecule has 3 rings (SSSR count). The summed E-state index contributed by atoms with van der Waals surface area (Å²) < 4.78 is 15.7. The number of carbonyl (C=O) groups excluding carboxylic acids is 1. The minimum absolute atomic E-state index is 0.129. The molecule has 0 atom stereocenters. The summed E-state index contributed by atoms with van der Waals surface area (Å²) in [5.41, 5.74) is 7.96. The fourth-order valence-electron chi connectivity index (χ4n) is 2.58. The van der Waals surface area contributed by atoms with Gasteiger partial charge in [-0.05, 0) is 24.7 Å². The summed E-state index contributed by atoms with van der Waals surface area (Å²) >= 11 is 0. The third kappa shape index (κ3) is 3.07. The third-order valence-corrected chi connectivity index (χ3v) is 3.65. The maximum Gasteiger partial charge on any atom is 0.221 e. The number of benzene rings is 2. The van der Waals surface area contributed by atoms with Gasteiger partial charge >= 0.3 is 0 Å². The molecule has 1 heterocycles. The predicted octanol–water partition coefficient (Wildman–Crippen LogP) is 1.91. The van der Waals surface area contributed by atoms with E-state index in [1.807, 2.05) is 30.5 Å². The quantitative estimate of drug-likeness (QED) is 0.756. The average Bonchev–Trinajstić information content (AvgIpc) is 2.94. The number of halogens is 1. The number of primary amides is 1. The van der Waals surface area contributed by atoms with E-state index in [9.17, 15) is 9.18 Å². The molecule has 0 unspecified atom stereocenters. The number of rotatable bonds is 5. The van der Waals surface area contributed by atoms with Crippen LogP contribution in [-0.2, 0) is 17.8 Å². The maximum absolute atomic E-state index is 14.1. The van der Waals surface area contributed by atoms with Gasteiger partial charge in [0.2, 0.25) is 5.91 Å². The highest BCUT2D eigenvalue weighted by Crippen LogP contribution is 2.21. The SMILES string of the molecule is CNCc1ccc(-n2cc3cccc(CC(N)=O)c3n2)cc1F. The molecule has 0 saturated carbocycles. The van der Waals surface area contributed by atoms with Gasteiger partial charge in [-0.15, -0.1) is 0 Å². The molecule has 0 fully saturated rings. The number of fused-ring (bicyclic) bond motifs is 1. The van der Waals surface area contributed by atoms with Crippen molar-refractivity contribution in [2.75, 3.05) is 7.05 Å². The Hall–Kier alpha value is -2.73. The zero-order chi connectivity index (χ0) is 16.4. The number of amides is 1. The molecule has 0 aliphatic heterocycles. The summed E-state index contributed by atoms with van der Waals surface area (Å²) in [6.07, 6.45) is 1.94. The summed E-state index contributed by atoms with van der Waals surface area (Å²) in [7, 11) is 1.77. The van der Waals surface area contributed by atoms with Gasteiger partial charge in [0.1, 0.15) is 5.82 Å². The van der Waals surface area contributed by atoms with Crippen LogP contribution in [0.15, 0.2) is 42.6 Å². The molecule has 6 heteroatoms. The molecule has 0 aliphatic rings. The van der Waals surface area contributed by atoms with Crippen molar-refractivity contribution in [1.29, 1.82) is 0 Å². The zero-order valence-corrected chi connectivity index (χ0v) is 12.7. The van der Waals surface area contributed by atoms with Gasteiger partial charge in [0.15, 0.2) is 0 Å². The molecule has 0 bridgehead atoms. The molecule has 2 aromatic carbocycles. The Morgan fingerprint density at radius 3 is 2.83 bits per heavy atom. The third-order valence-electron chi connectivity index (χ3n) is 3.65. The Bertz CT molecular complexity index is 872. The summed E-state index contributed by atoms with van der Waals surface area (Å²) in [6.45, 7) is 0.468. The Morgan fingerprint density at radius 2 is 2.13 bits per heavy atom. The molecular weight excluding hydrogens is 295 g/mol. The zero-order valence-electron chi connectivity index (χ0n) is 12.7. The van der Waals surface area contributed by atoms with Gasteiger partial charge in [-0.1, -0.05) is 24.3 Å². The molecular formula is C17H17FN4O. The van der Waals surface area contributed by atoms with E-state index in [1.54, 1.807) is 17.8 Å². The van der Waals surface area contributed by atoms with E-state index in [2.05, 4.69) is 10.4 Å². The number of hydrogen-bond donors (Lipinski definition) is 2. The van der Waals surface area contributed by atoms with Crippen molar-refractivity contribution in [2.24, 2.45) is 5.73 Å². The van der Waals surface area contributed by atoms with Gasteiger partial charge in [-0.3, -0.25) is 4.79 Å². The van der Waals surface area contributed by atoms with Gasteiger partial charge in [0.25, 0.3) is 0 Å². The molecule has 0 aliphatic carbocycles. The molecule has 1 amide bonds. The van der Waals surface area contributed by atoms with Crippen LogP contribution in [0.1, 0.15) is 11.1 Å². The van der Waals surface area contributed by atoms with Crippen molar-refractivity contribution < 1.29 is 9.18 Å². The lowest BCUT2D eigenvalue weighted by Crippen LogP contribution is -2.13. The van der Waals surface area contributed by atoms with Crippen molar-refractivity contribution in [2.45, 2.75) is 13.0 Å². The van der Waals surface area contributed by atoms with Crippen LogP contribution in [0.2, 0.25) is 0 Å². The molecule has 5 nitrogen and oxygen atoms in total. The Morgan fingerprint density at radius 1 is 1.30 bits per heavy atom. The second kappa shape index (κ2) is 6.18. The lowest BCUT2D eigenvalue weighted by atomic mass is 10.1. The van der Waals surface area contributed by atoms with E-state index in [0.717, 1.165) is 10.9 Å². The standard InChI is InChI=1S/C17H17FN4O/c1-20-9-12-5-6-14(8-15(12)18)22-10-13-4-2-3-11(7-16(19)23)17(13)21-22/h2-6,8,10,20H,7,9H2,1H3,(H2,19,23). The molecule has 3 aromatic rings. The van der Waals surface area contributed by atoms with Crippen LogP contribution in [0.3, 0.4) is 0 Å². The average molecular weight is 312 g/mol. The second-order valence-corrected chi connectivity index (χ2v) is 5.38. The number of nitrogens with two attached hydrogens (primary N) is 1. The Balaban J connectivity index is 2.03. The molecule has 0 saturated heterocycles. The Labute approximate surface area is 132 Å². The molecule has 0 spiro atoms. The van der Waals surface area contributed by atoms with E-state index < -0.39 is 5.91 Å². The van der Waals surface area contributed by atoms with E-state index in [4.69, 9.17) is 5.73 Å². The smallest absolute Gasteiger partial charge is 0.221 e. The van der Waals surface area contributed by atoms with Gasteiger partial charge in [-0.2, -0.15) is 5.10 Å². The van der Waals surface area contributed by atoms with E-state index >= 15 is 0 Å². The fraction of sp³-hybridized carbons (Fsp3) is 0.176. The van der Waals surface area contributed by atoms with Crippen molar-refractivity contribution in [1.82, 2.24) is 15.1 Å². The lowest BCUT2D eigenvalue weighted by molar-refractivity contribution is -0.117. The van der Waals surface area contributed by atoms with Gasteiger partial charge < -0.3 is 11.1 Å². The van der Waals surface area contributed by atoms with Crippen molar-refractivity contribution >= 4 is 16.8 Å².